The van der Waals surface area contributed by atoms with Crippen molar-refractivity contribution in [2.45, 2.75) is 57.9 Å². The summed E-state index contributed by atoms with van der Waals surface area (Å²) in [6.07, 6.45) is 3.11. The zero-order valence-corrected chi connectivity index (χ0v) is 25.5. The van der Waals surface area contributed by atoms with Crippen molar-refractivity contribution < 1.29 is 14.4 Å². The van der Waals surface area contributed by atoms with Crippen LogP contribution < -0.4 is 10.2 Å². The Labute approximate surface area is 260 Å². The van der Waals surface area contributed by atoms with Crippen molar-refractivity contribution in [3.8, 4) is 0 Å². The molecular weight excluding hydrogens is 552 g/mol. The molecule has 2 atom stereocenters. The van der Waals surface area contributed by atoms with Gasteiger partial charge in [0.1, 0.15) is 12.2 Å². The molecule has 3 heterocycles. The molecule has 9 nitrogen and oxygen atoms in total. The van der Waals surface area contributed by atoms with Gasteiger partial charge in [0.15, 0.2) is 0 Å². The van der Waals surface area contributed by atoms with Crippen molar-refractivity contribution in [3.05, 3.63) is 102 Å². The smallest absolute Gasteiger partial charge is 0.332 e. The van der Waals surface area contributed by atoms with Gasteiger partial charge in [-0.1, -0.05) is 79.7 Å². The summed E-state index contributed by atoms with van der Waals surface area (Å²) in [6.45, 7) is 5.83. The number of benzene rings is 3. The van der Waals surface area contributed by atoms with Crippen molar-refractivity contribution in [1.82, 2.24) is 25.1 Å². The largest absolute Gasteiger partial charge is 0.372 e. The average Bonchev–Trinajstić information content (AvgIpc) is 3.70. The van der Waals surface area contributed by atoms with Crippen LogP contribution in [0.25, 0.3) is 0 Å². The van der Waals surface area contributed by atoms with Crippen LogP contribution >= 0.6 is 0 Å². The van der Waals surface area contributed by atoms with E-state index < -0.39 is 12.2 Å². The van der Waals surface area contributed by atoms with Gasteiger partial charge in [-0.25, -0.2) is 4.79 Å². The summed E-state index contributed by atoms with van der Waals surface area (Å²) in [7, 11) is 0. The fraction of sp³-hybridized carbons (Fsp3) is 0.400. The predicted octanol–water partition coefficient (Wildman–Crippen LogP) is 4.25. The van der Waals surface area contributed by atoms with Gasteiger partial charge in [-0.05, 0) is 48.1 Å². The summed E-state index contributed by atoms with van der Waals surface area (Å²) in [5, 5.41) is 6.60. The van der Waals surface area contributed by atoms with Gasteiger partial charge >= 0.3 is 6.03 Å². The van der Waals surface area contributed by atoms with Gasteiger partial charge in [0.05, 0.1) is 13.1 Å². The topological polar surface area (TPSA) is 79.4 Å². The number of fused-ring (bicyclic) bond motifs is 1. The molecule has 230 valence electrons. The van der Waals surface area contributed by atoms with Crippen molar-refractivity contribution >= 4 is 23.5 Å². The lowest BCUT2D eigenvalue weighted by Crippen LogP contribution is -2.66. The number of urea groups is 1. The van der Waals surface area contributed by atoms with Crippen LogP contribution in [0.4, 0.5) is 10.5 Å². The minimum atomic E-state index is -0.647. The third-order valence-electron chi connectivity index (χ3n) is 8.86. The second-order valence-corrected chi connectivity index (χ2v) is 11.9. The lowest BCUT2D eigenvalue weighted by molar-refractivity contribution is -0.157. The minimum absolute atomic E-state index is 0.0533. The molecule has 0 bridgehead atoms. The lowest BCUT2D eigenvalue weighted by atomic mass is 10.00. The summed E-state index contributed by atoms with van der Waals surface area (Å²) in [5.41, 5.74) is 4.26. The molecule has 3 aromatic carbocycles. The van der Waals surface area contributed by atoms with Gasteiger partial charge in [0.2, 0.25) is 11.8 Å². The maximum Gasteiger partial charge on any atom is 0.332 e. The molecule has 0 unspecified atom stereocenters. The number of nitrogens with zero attached hydrogens (tertiary/aromatic N) is 5. The van der Waals surface area contributed by atoms with Crippen molar-refractivity contribution in [2.24, 2.45) is 0 Å². The maximum absolute atomic E-state index is 14.2. The number of amides is 4. The van der Waals surface area contributed by atoms with Gasteiger partial charge in [-0.3, -0.25) is 14.6 Å². The van der Waals surface area contributed by atoms with E-state index in [9.17, 15) is 14.4 Å². The fourth-order valence-corrected chi connectivity index (χ4v) is 6.70. The number of rotatable bonds is 10. The molecular formula is C35H42N6O3. The van der Waals surface area contributed by atoms with Gasteiger partial charge < -0.3 is 20.0 Å². The Kier molecular flexibility index (Phi) is 9.12. The molecule has 44 heavy (non-hydrogen) atoms. The number of hydrogen-bond donors (Lipinski definition) is 1. The monoisotopic (exact) mass is 594 g/mol. The van der Waals surface area contributed by atoms with E-state index in [-0.39, 0.29) is 24.4 Å². The van der Waals surface area contributed by atoms with Crippen molar-refractivity contribution in [3.63, 3.8) is 0 Å². The Morgan fingerprint density at radius 1 is 0.886 bits per heavy atom. The van der Waals surface area contributed by atoms with E-state index in [0.29, 0.717) is 32.6 Å². The van der Waals surface area contributed by atoms with E-state index in [1.165, 1.54) is 18.5 Å². The summed E-state index contributed by atoms with van der Waals surface area (Å²) in [6, 6.07) is 27.2. The van der Waals surface area contributed by atoms with E-state index in [0.717, 1.165) is 36.2 Å². The number of nitrogens with one attached hydrogen (secondary N) is 1. The van der Waals surface area contributed by atoms with Gasteiger partial charge in [-0.15, -0.1) is 0 Å². The van der Waals surface area contributed by atoms with Crippen LogP contribution in [-0.2, 0) is 29.1 Å². The highest BCUT2D eigenvalue weighted by Crippen LogP contribution is 2.31. The van der Waals surface area contributed by atoms with Crippen LogP contribution in [0.1, 0.15) is 42.9 Å². The Bertz CT molecular complexity index is 1450. The highest BCUT2D eigenvalue weighted by molar-refractivity contribution is 5.91. The van der Waals surface area contributed by atoms with E-state index in [4.69, 9.17) is 0 Å². The predicted molar refractivity (Wildman–Crippen MR) is 170 cm³/mol. The summed E-state index contributed by atoms with van der Waals surface area (Å²) >= 11 is 0. The van der Waals surface area contributed by atoms with Gasteiger partial charge in [0.25, 0.3) is 0 Å². The van der Waals surface area contributed by atoms with Crippen LogP contribution in [0.2, 0.25) is 0 Å². The number of piperazine rings is 1. The SMILES string of the molecule is CCCN(C(=O)NCc1ccccc1)N1CC(=O)N2[C@@H](Cc3ccccc3)C(=O)N(Cc3cccc(N4CCCC4)c3)C[C@@H]21. The molecule has 6 rings (SSSR count). The van der Waals surface area contributed by atoms with Crippen molar-refractivity contribution in [1.29, 1.82) is 0 Å². The zero-order valence-electron chi connectivity index (χ0n) is 25.5. The second kappa shape index (κ2) is 13.5. The Morgan fingerprint density at radius 2 is 1.57 bits per heavy atom. The second-order valence-electron chi connectivity index (χ2n) is 11.9. The summed E-state index contributed by atoms with van der Waals surface area (Å²) in [4.78, 5) is 47.5. The van der Waals surface area contributed by atoms with Crippen LogP contribution in [-0.4, -0.2) is 82.6 Å². The Balaban J connectivity index is 1.27. The molecule has 3 fully saturated rings. The minimum Gasteiger partial charge on any atom is -0.372 e. The van der Waals surface area contributed by atoms with Crippen LogP contribution in [0, 0.1) is 0 Å². The third-order valence-corrected chi connectivity index (χ3v) is 8.86. The zero-order chi connectivity index (χ0) is 30.5. The molecule has 0 aliphatic carbocycles. The molecule has 0 radical (unpaired) electrons. The number of anilines is 1. The molecule has 3 aromatic rings. The van der Waals surface area contributed by atoms with E-state index in [2.05, 4.69) is 34.5 Å². The summed E-state index contributed by atoms with van der Waals surface area (Å²) in [5.74, 6) is -0.181. The first-order chi connectivity index (χ1) is 21.5. The number of carbonyl (C=O) groups is 3. The number of carbonyl (C=O) groups excluding carboxylic acids is 3. The first-order valence-electron chi connectivity index (χ1n) is 15.9. The molecule has 3 aliphatic rings. The maximum atomic E-state index is 14.2. The summed E-state index contributed by atoms with van der Waals surface area (Å²) < 4.78 is 0. The highest BCUT2D eigenvalue weighted by atomic mass is 16.2. The quantitative estimate of drug-likeness (QED) is 0.380. The van der Waals surface area contributed by atoms with Gasteiger partial charge in [0, 0.05) is 44.8 Å². The highest BCUT2D eigenvalue weighted by Gasteiger charge is 2.52. The third kappa shape index (κ3) is 6.43. The number of hydrazine groups is 1. The molecule has 0 spiro atoms. The van der Waals surface area contributed by atoms with Crippen molar-refractivity contribution in [2.75, 3.05) is 37.6 Å². The Hall–Kier alpha value is -4.37. The van der Waals surface area contributed by atoms with Gasteiger partial charge in [-0.2, -0.15) is 5.01 Å². The average molecular weight is 595 g/mol. The standard InChI is InChI=1S/C35H42N6O3/c1-2-18-39(35(44)36-23-28-14-7-4-8-15-28)40-26-33(42)41-31(22-27-12-5-3-6-13-27)34(43)38(25-32(40)41)24-29-16-11-17-30(21-29)37-19-9-10-20-37/h3-8,11-17,21,31-32H,2,9-10,18-20,22-26H2,1H3,(H,36,44)/t31-,32+/m0/s1. The van der Waals surface area contributed by atoms with Crippen LogP contribution in [0.5, 0.6) is 0 Å². The molecule has 1 N–H and O–H groups in total. The Morgan fingerprint density at radius 3 is 2.27 bits per heavy atom. The molecule has 3 saturated heterocycles. The van der Waals surface area contributed by atoms with E-state index in [1.807, 2.05) is 77.5 Å². The first-order valence-corrected chi connectivity index (χ1v) is 15.9. The molecule has 3 aliphatic heterocycles. The number of hydrogen-bond acceptors (Lipinski definition) is 5. The molecule has 9 heteroatoms. The molecule has 0 aromatic heterocycles. The fourth-order valence-electron chi connectivity index (χ4n) is 6.70. The molecule has 4 amide bonds. The van der Waals surface area contributed by atoms with Crippen LogP contribution in [0.15, 0.2) is 84.9 Å². The normalized spacial score (nSPS) is 20.2. The van der Waals surface area contributed by atoms with Crippen LogP contribution in [0.3, 0.4) is 0 Å². The lowest BCUT2D eigenvalue weighted by Gasteiger charge is -2.46. The van der Waals surface area contributed by atoms with E-state index >= 15 is 0 Å². The first kappa shape index (κ1) is 29.7. The molecule has 0 saturated carbocycles. The van der Waals surface area contributed by atoms with E-state index in [1.54, 1.807) is 9.91 Å².